The van der Waals surface area contributed by atoms with Crippen molar-refractivity contribution in [3.8, 4) is 5.75 Å². The molecule has 1 aliphatic heterocycles. The minimum atomic E-state index is -0.128. The second-order valence-electron chi connectivity index (χ2n) is 6.93. The van der Waals surface area contributed by atoms with Gasteiger partial charge >= 0.3 is 0 Å². The summed E-state index contributed by atoms with van der Waals surface area (Å²) < 4.78 is 11.2. The molecule has 1 aliphatic rings. The number of furan rings is 1. The van der Waals surface area contributed by atoms with Gasteiger partial charge < -0.3 is 19.0 Å². The van der Waals surface area contributed by atoms with Crippen molar-refractivity contribution in [3.05, 3.63) is 53.5 Å². The van der Waals surface area contributed by atoms with Crippen LogP contribution < -0.4 is 4.74 Å². The molecule has 0 bridgehead atoms. The van der Waals surface area contributed by atoms with Gasteiger partial charge in [0.1, 0.15) is 17.3 Å². The molecule has 0 N–H and O–H groups in total. The van der Waals surface area contributed by atoms with Crippen LogP contribution in [0.15, 0.2) is 40.8 Å². The number of ether oxygens (including phenoxy) is 1. The third-order valence-electron chi connectivity index (χ3n) is 4.69. The van der Waals surface area contributed by atoms with Gasteiger partial charge in [-0.1, -0.05) is 6.07 Å². The van der Waals surface area contributed by atoms with Crippen molar-refractivity contribution < 1.29 is 18.7 Å². The number of hydrogen-bond acceptors (Lipinski definition) is 4. The van der Waals surface area contributed by atoms with Gasteiger partial charge in [-0.2, -0.15) is 0 Å². The highest BCUT2D eigenvalue weighted by Crippen LogP contribution is 2.17. The first-order valence-electron chi connectivity index (χ1n) is 9.34. The summed E-state index contributed by atoms with van der Waals surface area (Å²) in [5, 5.41) is 0. The summed E-state index contributed by atoms with van der Waals surface area (Å²) in [7, 11) is 1.73. The Morgan fingerprint density at radius 3 is 2.63 bits per heavy atom. The van der Waals surface area contributed by atoms with Crippen LogP contribution in [0, 0.1) is 6.92 Å². The van der Waals surface area contributed by atoms with E-state index in [1.807, 2.05) is 24.0 Å². The maximum absolute atomic E-state index is 12.6. The second-order valence-corrected chi connectivity index (χ2v) is 6.93. The Hall–Kier alpha value is -2.76. The molecule has 2 heterocycles. The van der Waals surface area contributed by atoms with Crippen LogP contribution in [0.2, 0.25) is 0 Å². The first kappa shape index (κ1) is 19.0. The Labute approximate surface area is 159 Å². The molecule has 144 valence electrons. The average molecular weight is 370 g/mol. The molecule has 3 rings (SSSR count). The Morgan fingerprint density at radius 2 is 1.93 bits per heavy atom. The normalized spacial score (nSPS) is 14.1. The predicted molar refractivity (Wildman–Crippen MR) is 102 cm³/mol. The largest absolute Gasteiger partial charge is 0.484 e. The fraction of sp³-hybridized carbons (Fsp3) is 0.429. The van der Waals surface area contributed by atoms with Crippen molar-refractivity contribution in [1.29, 1.82) is 0 Å². The number of likely N-dealkylation sites (tertiary alicyclic amines) is 1. The van der Waals surface area contributed by atoms with Crippen molar-refractivity contribution in [2.75, 3.05) is 26.7 Å². The number of hydrogen-bond donors (Lipinski definition) is 0. The summed E-state index contributed by atoms with van der Waals surface area (Å²) in [4.78, 5) is 28.3. The lowest BCUT2D eigenvalue weighted by Crippen LogP contribution is -2.38. The van der Waals surface area contributed by atoms with Gasteiger partial charge in [-0.25, -0.2) is 0 Å². The van der Waals surface area contributed by atoms with E-state index in [4.69, 9.17) is 9.15 Å². The summed E-state index contributed by atoms with van der Waals surface area (Å²) in [6.45, 7) is 3.87. The fourth-order valence-electron chi connectivity index (χ4n) is 3.19. The summed E-state index contributed by atoms with van der Waals surface area (Å²) in [5.41, 5.74) is 0.517. The van der Waals surface area contributed by atoms with Crippen LogP contribution >= 0.6 is 0 Å². The van der Waals surface area contributed by atoms with Gasteiger partial charge in [-0.3, -0.25) is 9.59 Å². The lowest BCUT2D eigenvalue weighted by molar-refractivity contribution is -0.134. The lowest BCUT2D eigenvalue weighted by Gasteiger charge is -2.26. The van der Waals surface area contributed by atoms with E-state index in [0.29, 0.717) is 17.9 Å². The molecule has 0 aliphatic carbocycles. The predicted octanol–water partition coefficient (Wildman–Crippen LogP) is 3.25. The molecule has 0 unspecified atom stereocenters. The van der Waals surface area contributed by atoms with E-state index in [1.54, 1.807) is 36.2 Å². The van der Waals surface area contributed by atoms with Crippen LogP contribution in [0.25, 0.3) is 0 Å². The van der Waals surface area contributed by atoms with Gasteiger partial charge in [0, 0.05) is 25.7 Å². The second kappa shape index (κ2) is 8.75. The number of aryl methyl sites for hydroxylation is 1. The van der Waals surface area contributed by atoms with Crippen molar-refractivity contribution in [2.24, 2.45) is 0 Å². The maximum atomic E-state index is 12.6. The van der Waals surface area contributed by atoms with E-state index >= 15 is 0 Å². The third-order valence-corrected chi connectivity index (χ3v) is 4.69. The zero-order valence-electron chi connectivity index (χ0n) is 15.9. The number of carbonyl (C=O) groups excluding carboxylic acids is 2. The van der Waals surface area contributed by atoms with E-state index in [0.717, 1.165) is 37.5 Å². The molecule has 6 nitrogen and oxygen atoms in total. The minimum Gasteiger partial charge on any atom is -0.484 e. The van der Waals surface area contributed by atoms with Crippen LogP contribution in [0.5, 0.6) is 5.75 Å². The van der Waals surface area contributed by atoms with Crippen molar-refractivity contribution in [2.45, 2.75) is 32.7 Å². The number of rotatable bonds is 6. The van der Waals surface area contributed by atoms with Gasteiger partial charge in [-0.15, -0.1) is 0 Å². The van der Waals surface area contributed by atoms with E-state index < -0.39 is 0 Å². The van der Waals surface area contributed by atoms with Crippen LogP contribution in [-0.4, -0.2) is 48.4 Å². The quantitative estimate of drug-likeness (QED) is 0.783. The molecule has 2 aromatic rings. The van der Waals surface area contributed by atoms with Gasteiger partial charge in [0.25, 0.3) is 11.8 Å². The van der Waals surface area contributed by atoms with E-state index in [9.17, 15) is 9.59 Å². The first-order chi connectivity index (χ1) is 13.0. The van der Waals surface area contributed by atoms with Crippen molar-refractivity contribution in [1.82, 2.24) is 9.80 Å². The number of benzene rings is 1. The number of piperidine rings is 1. The van der Waals surface area contributed by atoms with Crippen molar-refractivity contribution in [3.63, 3.8) is 0 Å². The van der Waals surface area contributed by atoms with Crippen LogP contribution in [0.3, 0.4) is 0 Å². The van der Waals surface area contributed by atoms with E-state index in [2.05, 4.69) is 0 Å². The Bertz CT molecular complexity index is 793. The molecule has 0 radical (unpaired) electrons. The molecule has 0 saturated carbocycles. The zero-order valence-corrected chi connectivity index (χ0v) is 15.9. The van der Waals surface area contributed by atoms with Crippen molar-refractivity contribution >= 4 is 11.8 Å². The lowest BCUT2D eigenvalue weighted by atomic mass is 10.1. The highest BCUT2D eigenvalue weighted by molar-refractivity contribution is 5.94. The van der Waals surface area contributed by atoms with Crippen LogP contribution in [-0.2, 0) is 11.3 Å². The first-order valence-corrected chi connectivity index (χ1v) is 9.34. The molecular formula is C21H26N2O4. The van der Waals surface area contributed by atoms with E-state index in [-0.39, 0.29) is 18.4 Å². The van der Waals surface area contributed by atoms with Gasteiger partial charge in [0.05, 0.1) is 6.54 Å². The summed E-state index contributed by atoms with van der Waals surface area (Å²) in [5.74, 6) is 1.95. The summed E-state index contributed by atoms with van der Waals surface area (Å²) in [6, 6.07) is 10.7. The average Bonchev–Trinajstić information content (AvgIpc) is 3.11. The topological polar surface area (TPSA) is 63.0 Å². The SMILES string of the molecule is Cc1ccc(CN(C)C(=O)c2cccc(OCC(=O)N3CCCCC3)c2)o1. The Morgan fingerprint density at radius 1 is 1.15 bits per heavy atom. The minimum absolute atomic E-state index is 0.000838. The standard InChI is InChI=1S/C21H26N2O4/c1-16-9-10-19(27-16)14-22(2)21(25)17-7-6-8-18(13-17)26-15-20(24)23-11-4-3-5-12-23/h6-10,13H,3-5,11-12,14-15H2,1-2H3. The Kier molecular flexibility index (Phi) is 6.16. The number of carbonyl (C=O) groups is 2. The summed E-state index contributed by atoms with van der Waals surface area (Å²) >= 11 is 0. The number of amides is 2. The molecule has 1 fully saturated rings. The molecule has 1 aromatic carbocycles. The van der Waals surface area contributed by atoms with Gasteiger partial charge in [0.15, 0.2) is 6.61 Å². The molecule has 1 saturated heterocycles. The highest BCUT2D eigenvalue weighted by atomic mass is 16.5. The Balaban J connectivity index is 1.57. The molecular weight excluding hydrogens is 344 g/mol. The van der Waals surface area contributed by atoms with Crippen LogP contribution in [0.1, 0.15) is 41.1 Å². The molecule has 1 aromatic heterocycles. The summed E-state index contributed by atoms with van der Waals surface area (Å²) in [6.07, 6.45) is 3.29. The van der Waals surface area contributed by atoms with E-state index in [1.165, 1.54) is 6.42 Å². The fourth-order valence-corrected chi connectivity index (χ4v) is 3.19. The highest BCUT2D eigenvalue weighted by Gasteiger charge is 2.18. The molecule has 2 amide bonds. The zero-order chi connectivity index (χ0) is 19.2. The molecule has 27 heavy (non-hydrogen) atoms. The van der Waals surface area contributed by atoms with Gasteiger partial charge in [0.2, 0.25) is 0 Å². The smallest absolute Gasteiger partial charge is 0.260 e. The monoisotopic (exact) mass is 370 g/mol. The van der Waals surface area contributed by atoms with Crippen LogP contribution in [0.4, 0.5) is 0 Å². The van der Waals surface area contributed by atoms with Gasteiger partial charge in [-0.05, 0) is 56.5 Å². The molecule has 6 heteroatoms. The third kappa shape index (κ3) is 5.12. The molecule has 0 spiro atoms. The maximum Gasteiger partial charge on any atom is 0.260 e. The number of nitrogens with zero attached hydrogens (tertiary/aromatic N) is 2. The molecule has 0 atom stereocenters.